The molecule has 0 aromatic carbocycles. The third-order valence-corrected chi connectivity index (χ3v) is 12.0. The second-order valence-corrected chi connectivity index (χ2v) is 15.7. The van der Waals surface area contributed by atoms with E-state index >= 15 is 0 Å². The molecule has 4 aromatic rings. The minimum atomic E-state index is -6.32. The Morgan fingerprint density at radius 1 is 0.944 bits per heavy atom. The molecular weight excluding hydrogens is 797 g/mol. The number of ether oxygens (including phenoxy) is 3. The zero-order valence-electron chi connectivity index (χ0n) is 28.4. The molecule has 0 amide bonds. The number of nitrogens with one attached hydrogen (secondary N) is 1. The van der Waals surface area contributed by atoms with Crippen molar-refractivity contribution in [2.45, 2.75) is 49.1 Å². The summed E-state index contributed by atoms with van der Waals surface area (Å²) >= 11 is 0. The van der Waals surface area contributed by atoms with E-state index in [0.29, 0.717) is 0 Å². The number of quaternary nitrogens is 2. The predicted molar refractivity (Wildman–Crippen MR) is 171 cm³/mol. The maximum atomic E-state index is 12.4. The van der Waals surface area contributed by atoms with Crippen LogP contribution in [0, 0.1) is 0 Å². The molecule has 0 bridgehead atoms. The van der Waals surface area contributed by atoms with Crippen LogP contribution in [0.1, 0.15) is 12.5 Å². The van der Waals surface area contributed by atoms with Crippen molar-refractivity contribution in [3.63, 3.8) is 0 Å². The van der Waals surface area contributed by atoms with Crippen LogP contribution in [0.25, 0.3) is 22.3 Å². The molecule has 6 heterocycles. The molecule has 2 aliphatic rings. The number of nitrogens with zero attached hydrogens (tertiary/aromatic N) is 7. The number of nitrogen functional groups attached to an aromatic ring is 2. The number of phosphoric acid groups is 3. The number of hydrogen-bond donors (Lipinski definition) is 8. The van der Waals surface area contributed by atoms with Crippen molar-refractivity contribution in [3.8, 4) is 0 Å². The topological polar surface area (TPSA) is 469 Å². The molecule has 2 fully saturated rings. The molecule has 16 N–H and O–H groups in total. The van der Waals surface area contributed by atoms with E-state index in [1.165, 1.54) is 27.1 Å². The van der Waals surface area contributed by atoms with Gasteiger partial charge >= 0.3 is 5.65 Å². The highest BCUT2D eigenvalue weighted by atomic mass is 31.3. The van der Waals surface area contributed by atoms with Crippen LogP contribution in [0.15, 0.2) is 23.8 Å². The Kier molecular flexibility index (Phi) is 12.8. The van der Waals surface area contributed by atoms with E-state index in [0.717, 1.165) is 19.8 Å². The predicted octanol–water partition coefficient (Wildman–Crippen LogP) is -4.33. The normalized spacial score (nSPS) is 29.0. The Hall–Kier alpha value is -3.41. The van der Waals surface area contributed by atoms with Crippen molar-refractivity contribution in [3.05, 3.63) is 29.3 Å². The number of aliphatic hydroxyl groups excluding tert-OH is 3. The number of fused-ring (bicyclic) bond motifs is 2. The number of aromatic amines is 1. The van der Waals surface area contributed by atoms with Gasteiger partial charge in [0.25, 0.3) is 35.0 Å². The van der Waals surface area contributed by atoms with E-state index in [-0.39, 0.29) is 46.4 Å². The molecule has 29 nitrogen and oxygen atoms in total. The zero-order valence-corrected chi connectivity index (χ0v) is 31.1. The number of anilines is 2. The molecule has 0 saturated carbocycles. The highest BCUT2D eigenvalue weighted by molar-refractivity contribution is 7.65. The summed E-state index contributed by atoms with van der Waals surface area (Å²) in [5.41, 5.74) is 11.0. The van der Waals surface area contributed by atoms with Gasteiger partial charge in [0.1, 0.15) is 48.5 Å². The number of hydrogen-bond acceptors (Lipinski definition) is 23. The van der Waals surface area contributed by atoms with Gasteiger partial charge in [0.15, 0.2) is 24.0 Å². The first-order valence-corrected chi connectivity index (χ1v) is 18.9. The monoisotopic (exact) mass is 834 g/mol. The molecule has 3 unspecified atom stereocenters. The van der Waals surface area contributed by atoms with E-state index in [4.69, 9.17) is 25.7 Å². The van der Waals surface area contributed by atoms with Gasteiger partial charge in [0.2, 0.25) is 11.7 Å². The number of aromatic nitrogens is 8. The second kappa shape index (κ2) is 16.0. The van der Waals surface area contributed by atoms with Crippen LogP contribution >= 0.6 is 23.5 Å². The maximum absolute atomic E-state index is 12.4. The molecule has 0 aliphatic carbocycles. The fourth-order valence-corrected chi connectivity index (χ4v) is 9.00. The summed E-state index contributed by atoms with van der Waals surface area (Å²) in [4.78, 5) is 67.5. The van der Waals surface area contributed by atoms with Crippen molar-refractivity contribution < 1.29 is 80.1 Å². The standard InChI is InChI=1S/C22H31N10O17P3.2H3N/c1-30-7-32(18-11(30)19(36)29-22(24)28-18)21-14(35)15(43-2)9(47-21)4-45-51(39,40)49-52(41,42)48-50(37,38)44-3-8-12(33)13(34)20(46-8)31-6-27-10-16(23)25-5-26-17(10)31;;/h5-9,12-15,20-21,33-35H,3-4H2,1-2H3,(H7-,23,24,25,26,28,29,36,37,38,39,40,41,42);2*1H3/t8-,9-,12-,13-,14-,15-,20-,21-;;/m1../s1. The lowest BCUT2D eigenvalue weighted by atomic mass is 10.1. The summed E-state index contributed by atoms with van der Waals surface area (Å²) in [6.07, 6.45) is -8.53. The van der Waals surface area contributed by atoms with Crippen molar-refractivity contribution >= 4 is 57.6 Å². The molecule has 302 valence electrons. The Morgan fingerprint density at radius 3 is 2.20 bits per heavy atom. The van der Waals surface area contributed by atoms with E-state index in [1.54, 1.807) is 0 Å². The summed E-state index contributed by atoms with van der Waals surface area (Å²) in [6.45, 7) is -2.16. The fourth-order valence-electron chi connectivity index (χ4n) is 5.62. The summed E-state index contributed by atoms with van der Waals surface area (Å²) < 4.78 is 74.0. The summed E-state index contributed by atoms with van der Waals surface area (Å²) in [5.74, 6) is -0.259. The number of methoxy groups -OCH3 is 1. The minimum Gasteiger partial charge on any atom is -0.756 e. The second-order valence-electron chi connectivity index (χ2n) is 11.2. The van der Waals surface area contributed by atoms with Gasteiger partial charge in [-0.25, -0.2) is 28.1 Å². The lowest BCUT2D eigenvalue weighted by Gasteiger charge is -2.35. The third kappa shape index (κ3) is 8.53. The van der Waals surface area contributed by atoms with E-state index in [9.17, 15) is 48.5 Å². The van der Waals surface area contributed by atoms with E-state index < -0.39 is 91.3 Å². The van der Waals surface area contributed by atoms with Crippen LogP contribution in [0.2, 0.25) is 0 Å². The van der Waals surface area contributed by atoms with Gasteiger partial charge in [-0.2, -0.15) is 0 Å². The molecule has 2 aliphatic heterocycles. The molecule has 32 heteroatoms. The lowest BCUT2D eigenvalue weighted by molar-refractivity contribution is -0.745. The Morgan fingerprint density at radius 2 is 1.57 bits per heavy atom. The van der Waals surface area contributed by atoms with E-state index in [2.05, 4.69) is 42.6 Å². The molecule has 0 radical (unpaired) electrons. The van der Waals surface area contributed by atoms with Crippen molar-refractivity contribution in [1.82, 2.24) is 46.4 Å². The fraction of sp³-hybridized carbons (Fsp3) is 0.545. The maximum Gasteiger partial charge on any atom is 0.313 e. The summed E-state index contributed by atoms with van der Waals surface area (Å²) in [6, 6.07) is 0. The number of aryl methyl sites for hydroxylation is 1. The lowest BCUT2D eigenvalue weighted by Crippen LogP contribution is -2.46. The van der Waals surface area contributed by atoms with Crippen LogP contribution < -0.4 is 48.6 Å². The third-order valence-electron chi connectivity index (χ3n) is 7.84. The van der Waals surface area contributed by atoms with Gasteiger partial charge in [0, 0.05) is 7.11 Å². The average molecular weight is 835 g/mol. The van der Waals surface area contributed by atoms with Gasteiger partial charge in [0.05, 0.1) is 26.6 Å². The molecule has 4 aromatic heterocycles. The van der Waals surface area contributed by atoms with Gasteiger partial charge in [-0.05, 0) is 0 Å². The molecule has 11 atom stereocenters. The van der Waals surface area contributed by atoms with Crippen LogP contribution in [0.4, 0.5) is 11.8 Å². The number of phosphoric ester groups is 2. The summed E-state index contributed by atoms with van der Waals surface area (Å²) in [7, 11) is -15.6. The minimum absolute atomic E-state index is 0. The number of aliphatic hydroxyl groups is 3. The zero-order chi connectivity index (χ0) is 37.9. The average Bonchev–Trinajstić information content (AvgIpc) is 3.77. The Bertz CT molecular complexity index is 2190. The SMILES string of the molecule is CO[C@H]1[C@@H](O)[C@H]([n+]2cn(C)c3c(=O)[nH]c(N)nc32)O[C@@H]1COP(=O)([O-])OP(=O)([O-])OP(=O)([O-])OC[C@H]1O[C@@H](n2cnc3c(N)ncnc32)[C@H](O)[C@@H]1O.[NH4+].[NH4+]. The largest absolute Gasteiger partial charge is 0.756 e. The quantitative estimate of drug-likeness (QED) is 0.0466. The highest BCUT2D eigenvalue weighted by Crippen LogP contribution is 2.63. The van der Waals surface area contributed by atoms with Gasteiger partial charge in [-0.3, -0.25) is 32.6 Å². The summed E-state index contributed by atoms with van der Waals surface area (Å²) in [5, 5.41) is 31.8. The van der Waals surface area contributed by atoms with Crippen LogP contribution in [0.3, 0.4) is 0 Å². The van der Waals surface area contributed by atoms with Crippen LogP contribution in [-0.4, -0.2) is 106 Å². The van der Waals surface area contributed by atoms with Gasteiger partial charge < -0.3 is 77.0 Å². The first kappa shape index (κ1) is 43.3. The first-order valence-electron chi connectivity index (χ1n) is 14.5. The number of H-pyrrole nitrogens is 1. The number of rotatable bonds is 13. The molecule has 54 heavy (non-hydrogen) atoms. The Balaban J connectivity index is 0.00000325. The smallest absolute Gasteiger partial charge is 0.313 e. The van der Waals surface area contributed by atoms with Crippen LogP contribution in [-0.2, 0) is 52.6 Å². The number of imidazole rings is 2. The highest BCUT2D eigenvalue weighted by Gasteiger charge is 2.49. The van der Waals surface area contributed by atoms with Crippen molar-refractivity contribution in [2.24, 2.45) is 7.05 Å². The Labute approximate surface area is 301 Å². The van der Waals surface area contributed by atoms with Crippen molar-refractivity contribution in [2.75, 3.05) is 31.8 Å². The molecule has 0 spiro atoms. The van der Waals surface area contributed by atoms with Crippen LogP contribution in [0.5, 0.6) is 0 Å². The molecular formula is C22H37N12O17P3. The van der Waals surface area contributed by atoms with E-state index in [1.807, 2.05) is 0 Å². The first-order chi connectivity index (χ1) is 24.3. The van der Waals surface area contributed by atoms with Gasteiger partial charge in [-0.15, -0.1) is 0 Å². The molecule has 2 saturated heterocycles. The van der Waals surface area contributed by atoms with Crippen molar-refractivity contribution in [1.29, 1.82) is 0 Å². The molecule has 6 rings (SSSR count). The van der Waals surface area contributed by atoms with Gasteiger partial charge in [-0.1, -0.05) is 4.98 Å². The number of nitrogens with two attached hydrogens (primary N) is 2.